The van der Waals surface area contributed by atoms with E-state index in [1.54, 1.807) is 0 Å². The molecule has 0 aromatic carbocycles. The van der Waals surface area contributed by atoms with Gasteiger partial charge in [0, 0.05) is 12.8 Å². The van der Waals surface area contributed by atoms with E-state index in [2.05, 4.69) is 62.5 Å². The van der Waals surface area contributed by atoms with Gasteiger partial charge in [0.1, 0.15) is 19.8 Å². The minimum atomic E-state index is -4.39. The van der Waals surface area contributed by atoms with Crippen molar-refractivity contribution in [1.29, 1.82) is 0 Å². The number of rotatable bonds is 66. The van der Waals surface area contributed by atoms with Crippen LogP contribution in [0.5, 0.6) is 0 Å². The largest absolute Gasteiger partial charge is 0.472 e. The molecular formula is C72H137NO8P+. The molecule has 0 bridgehead atoms. The Kier molecular flexibility index (Phi) is 61.9. The van der Waals surface area contributed by atoms with Crippen molar-refractivity contribution >= 4 is 19.8 Å². The summed E-state index contributed by atoms with van der Waals surface area (Å²) in [6.07, 6.45) is 82.2. The van der Waals surface area contributed by atoms with Gasteiger partial charge >= 0.3 is 19.8 Å². The Hall–Kier alpha value is -2.03. The van der Waals surface area contributed by atoms with Crippen LogP contribution in [0.4, 0.5) is 0 Å². The Morgan fingerprint density at radius 2 is 0.659 bits per heavy atom. The lowest BCUT2D eigenvalue weighted by atomic mass is 10.0. The van der Waals surface area contributed by atoms with E-state index in [1.807, 2.05) is 21.1 Å². The maximum atomic E-state index is 12.9. The third kappa shape index (κ3) is 67.1. The van der Waals surface area contributed by atoms with Crippen LogP contribution in [0, 0.1) is 0 Å². The molecule has 2 atom stereocenters. The summed E-state index contributed by atoms with van der Waals surface area (Å²) in [6, 6.07) is 0. The van der Waals surface area contributed by atoms with Gasteiger partial charge in [0.25, 0.3) is 0 Å². The first kappa shape index (κ1) is 80.0. The van der Waals surface area contributed by atoms with E-state index in [1.165, 1.54) is 270 Å². The van der Waals surface area contributed by atoms with Crippen molar-refractivity contribution in [1.82, 2.24) is 0 Å². The molecule has 2 unspecified atom stereocenters. The predicted molar refractivity (Wildman–Crippen MR) is 353 cm³/mol. The summed E-state index contributed by atoms with van der Waals surface area (Å²) in [5, 5.41) is 0. The monoisotopic (exact) mass is 1180 g/mol. The van der Waals surface area contributed by atoms with Crippen molar-refractivity contribution in [2.75, 3.05) is 47.5 Å². The zero-order valence-electron chi connectivity index (χ0n) is 55.0. The third-order valence-electron chi connectivity index (χ3n) is 15.8. The molecule has 0 aliphatic heterocycles. The van der Waals surface area contributed by atoms with Gasteiger partial charge in [0.2, 0.25) is 0 Å². The number of esters is 2. The Morgan fingerprint density at radius 3 is 0.988 bits per heavy atom. The molecule has 0 amide bonds. The maximum absolute atomic E-state index is 12.9. The fourth-order valence-electron chi connectivity index (χ4n) is 10.4. The first-order chi connectivity index (χ1) is 40.0. The molecule has 0 radical (unpaired) electrons. The molecule has 9 nitrogen and oxygen atoms in total. The number of carbonyl (C=O) groups is 2. The second-order valence-corrected chi connectivity index (χ2v) is 26.7. The van der Waals surface area contributed by atoms with Gasteiger partial charge in [-0.15, -0.1) is 0 Å². The zero-order valence-corrected chi connectivity index (χ0v) is 55.9. The van der Waals surface area contributed by atoms with Crippen molar-refractivity contribution in [2.24, 2.45) is 0 Å². The summed E-state index contributed by atoms with van der Waals surface area (Å²) in [6.45, 7) is 4.47. The van der Waals surface area contributed by atoms with E-state index in [-0.39, 0.29) is 32.0 Å². The molecule has 10 heteroatoms. The van der Waals surface area contributed by atoms with Crippen LogP contribution in [0.1, 0.15) is 348 Å². The topological polar surface area (TPSA) is 108 Å². The average Bonchev–Trinajstić information content (AvgIpc) is 3.46. The number of phosphoric acid groups is 1. The minimum Gasteiger partial charge on any atom is -0.462 e. The summed E-state index contributed by atoms with van der Waals surface area (Å²) in [7, 11) is 1.49. The molecule has 1 N–H and O–H groups in total. The van der Waals surface area contributed by atoms with Crippen LogP contribution in [0.25, 0.3) is 0 Å². The molecular weight excluding hydrogens is 1040 g/mol. The van der Waals surface area contributed by atoms with Gasteiger partial charge in [-0.3, -0.25) is 18.6 Å². The standard InChI is InChI=1S/C72H136NO8P/c1-6-8-10-12-14-16-18-20-22-24-26-28-29-30-31-32-33-34-35-36-37-38-39-40-41-42-43-45-47-49-51-53-55-57-59-61-63-65-72(75)81-70(69-80-82(76,77)79-67-66-73(3,4)5)68-78-71(74)64-62-60-58-56-54-52-50-48-46-44-27-25-23-21-19-17-15-13-11-9-7-2/h18,20,24-27,29-30,70H,6-17,19,21-23,28,31-69H2,1-5H3/p+1/b20-18-,26-24-,27-25-,30-29-. The number of nitrogens with zero attached hydrogens (tertiary/aromatic N) is 1. The summed E-state index contributed by atoms with van der Waals surface area (Å²) >= 11 is 0. The highest BCUT2D eigenvalue weighted by molar-refractivity contribution is 7.47. The molecule has 0 fully saturated rings. The molecule has 0 aromatic heterocycles. The van der Waals surface area contributed by atoms with Crippen LogP contribution in [0.3, 0.4) is 0 Å². The van der Waals surface area contributed by atoms with Gasteiger partial charge in [0.05, 0.1) is 27.7 Å². The van der Waals surface area contributed by atoms with E-state index < -0.39 is 26.5 Å². The number of ether oxygens (including phenoxy) is 2. The molecule has 0 aromatic rings. The molecule has 482 valence electrons. The van der Waals surface area contributed by atoms with Crippen LogP contribution in [-0.4, -0.2) is 74.9 Å². The van der Waals surface area contributed by atoms with E-state index >= 15 is 0 Å². The highest BCUT2D eigenvalue weighted by Gasteiger charge is 2.27. The van der Waals surface area contributed by atoms with Crippen molar-refractivity contribution < 1.29 is 42.1 Å². The molecule has 0 spiro atoms. The lowest BCUT2D eigenvalue weighted by Gasteiger charge is -2.24. The Morgan fingerprint density at radius 1 is 0.378 bits per heavy atom. The summed E-state index contributed by atoms with van der Waals surface area (Å²) < 4.78 is 34.7. The minimum absolute atomic E-state index is 0.0332. The van der Waals surface area contributed by atoms with Crippen LogP contribution < -0.4 is 0 Å². The van der Waals surface area contributed by atoms with E-state index in [9.17, 15) is 19.0 Å². The normalized spacial score (nSPS) is 13.4. The van der Waals surface area contributed by atoms with Crippen molar-refractivity contribution in [3.05, 3.63) is 48.6 Å². The van der Waals surface area contributed by atoms with Gasteiger partial charge in [0.15, 0.2) is 6.10 Å². The second-order valence-electron chi connectivity index (χ2n) is 25.3. The third-order valence-corrected chi connectivity index (χ3v) is 16.8. The number of allylic oxidation sites excluding steroid dienone is 8. The number of hydrogen-bond acceptors (Lipinski definition) is 7. The molecule has 0 heterocycles. The number of carbonyl (C=O) groups excluding carboxylic acids is 2. The second kappa shape index (κ2) is 63.5. The highest BCUT2D eigenvalue weighted by Crippen LogP contribution is 2.43. The van der Waals surface area contributed by atoms with Crippen LogP contribution in [0.15, 0.2) is 48.6 Å². The Labute approximate surface area is 509 Å². The van der Waals surface area contributed by atoms with Gasteiger partial charge < -0.3 is 18.9 Å². The molecule has 0 saturated carbocycles. The molecule has 0 saturated heterocycles. The quantitative estimate of drug-likeness (QED) is 0.0211. The first-order valence-corrected chi connectivity index (χ1v) is 36.9. The average molecular weight is 1180 g/mol. The van der Waals surface area contributed by atoms with Gasteiger partial charge in [-0.2, -0.15) is 0 Å². The van der Waals surface area contributed by atoms with Gasteiger partial charge in [-0.05, 0) is 77.0 Å². The molecule has 0 aliphatic rings. The SMILES string of the molecule is CCCCCCC/C=C\C/C=C\C/C=C\CCCCCCCCCCCCCCCCCCCCCCCCC(=O)OC(COC(=O)CCCCCCCCCCC/C=C\CCCCCCCCCC)COP(=O)(O)OCC[N+](C)(C)C. The summed E-state index contributed by atoms with van der Waals surface area (Å²) in [5.41, 5.74) is 0. The smallest absolute Gasteiger partial charge is 0.462 e. The molecule has 82 heavy (non-hydrogen) atoms. The lowest BCUT2D eigenvalue weighted by molar-refractivity contribution is -0.870. The van der Waals surface area contributed by atoms with Crippen molar-refractivity contribution in [2.45, 2.75) is 354 Å². The predicted octanol–water partition coefficient (Wildman–Crippen LogP) is 22.8. The fourth-order valence-corrected chi connectivity index (χ4v) is 11.1. The van der Waals surface area contributed by atoms with Crippen molar-refractivity contribution in [3.63, 3.8) is 0 Å². The zero-order chi connectivity index (χ0) is 59.8. The Bertz CT molecular complexity index is 1520. The lowest BCUT2D eigenvalue weighted by Crippen LogP contribution is -2.37. The van der Waals surface area contributed by atoms with Gasteiger partial charge in [-0.1, -0.05) is 306 Å². The fraction of sp³-hybridized carbons (Fsp3) is 0.861. The van der Waals surface area contributed by atoms with Gasteiger partial charge in [-0.25, -0.2) is 4.57 Å². The number of likely N-dealkylation sites (N-methyl/N-ethyl adjacent to an activating group) is 1. The highest BCUT2D eigenvalue weighted by atomic mass is 31.2. The number of phosphoric ester groups is 1. The van der Waals surface area contributed by atoms with E-state index in [0.717, 1.165) is 44.9 Å². The summed E-state index contributed by atoms with van der Waals surface area (Å²) in [5.74, 6) is -0.782. The summed E-state index contributed by atoms with van der Waals surface area (Å²) in [4.78, 5) is 35.8. The maximum Gasteiger partial charge on any atom is 0.472 e. The number of quaternary nitrogens is 1. The van der Waals surface area contributed by atoms with E-state index in [4.69, 9.17) is 18.5 Å². The van der Waals surface area contributed by atoms with Crippen LogP contribution >= 0.6 is 7.82 Å². The molecule has 0 aliphatic carbocycles. The van der Waals surface area contributed by atoms with Crippen LogP contribution in [-0.2, 0) is 32.7 Å². The van der Waals surface area contributed by atoms with Crippen LogP contribution in [0.2, 0.25) is 0 Å². The Balaban J connectivity index is 3.96. The molecule has 0 rings (SSSR count). The van der Waals surface area contributed by atoms with Crippen molar-refractivity contribution in [3.8, 4) is 0 Å². The first-order valence-electron chi connectivity index (χ1n) is 35.4. The van der Waals surface area contributed by atoms with E-state index in [0.29, 0.717) is 17.4 Å². The number of unbranched alkanes of at least 4 members (excludes halogenated alkanes) is 44. The number of hydrogen-bond donors (Lipinski definition) is 1.